The first-order valence-electron chi connectivity index (χ1n) is 5.97. The number of hydrogen-bond acceptors (Lipinski definition) is 3. The molecule has 0 bridgehead atoms. The topological polar surface area (TPSA) is 62.6 Å². The van der Waals surface area contributed by atoms with Gasteiger partial charge in [0.25, 0.3) is 5.91 Å². The molecule has 0 aromatic carbocycles. The zero-order valence-electron chi connectivity index (χ0n) is 10.1. The Bertz CT molecular complexity index is 439. The Morgan fingerprint density at radius 3 is 3.11 bits per heavy atom. The molecule has 5 heteroatoms. The largest absolute Gasteiger partial charge is 0.459 e. The molecule has 5 nitrogen and oxygen atoms in total. The van der Waals surface area contributed by atoms with Crippen LogP contribution in [0.1, 0.15) is 23.4 Å². The second-order valence-corrected chi connectivity index (χ2v) is 4.17. The van der Waals surface area contributed by atoms with Crippen molar-refractivity contribution in [2.75, 3.05) is 13.1 Å². The molecule has 1 aromatic heterocycles. The second-order valence-electron chi connectivity index (χ2n) is 4.17. The van der Waals surface area contributed by atoms with Gasteiger partial charge in [0.2, 0.25) is 5.91 Å². The summed E-state index contributed by atoms with van der Waals surface area (Å²) in [7, 11) is 0. The quantitative estimate of drug-likeness (QED) is 0.814. The van der Waals surface area contributed by atoms with Gasteiger partial charge >= 0.3 is 0 Å². The summed E-state index contributed by atoms with van der Waals surface area (Å²) in [6.45, 7) is 4.55. The molecule has 2 rings (SSSR count). The molecule has 2 heterocycles. The van der Waals surface area contributed by atoms with Crippen LogP contribution in [0.4, 0.5) is 0 Å². The summed E-state index contributed by atoms with van der Waals surface area (Å²) in [6, 6.07) is 2.87. The Labute approximate surface area is 105 Å². The lowest BCUT2D eigenvalue weighted by molar-refractivity contribution is -0.124. The Morgan fingerprint density at radius 1 is 1.61 bits per heavy atom. The third-order valence-corrected chi connectivity index (χ3v) is 2.97. The van der Waals surface area contributed by atoms with Crippen molar-refractivity contribution in [1.82, 2.24) is 10.2 Å². The van der Waals surface area contributed by atoms with Crippen molar-refractivity contribution in [1.29, 1.82) is 0 Å². The highest BCUT2D eigenvalue weighted by Gasteiger charge is 2.35. The maximum atomic E-state index is 12.1. The number of nitrogens with one attached hydrogen (secondary N) is 1. The van der Waals surface area contributed by atoms with Crippen molar-refractivity contribution in [3.63, 3.8) is 0 Å². The molecule has 1 fully saturated rings. The van der Waals surface area contributed by atoms with Crippen LogP contribution in [0.5, 0.6) is 0 Å². The number of amides is 2. The van der Waals surface area contributed by atoms with Crippen LogP contribution in [0, 0.1) is 0 Å². The van der Waals surface area contributed by atoms with Gasteiger partial charge in [0.1, 0.15) is 6.04 Å². The van der Waals surface area contributed by atoms with Crippen molar-refractivity contribution in [2.45, 2.75) is 18.9 Å². The standard InChI is InChI=1S/C13H16N2O3/c1-2-7-14-12(16)10-5-3-8-15(10)13(17)11-6-4-9-18-11/h2,4,6,9-10H,1,3,5,7-8H2,(H,14,16). The third kappa shape index (κ3) is 2.45. The van der Waals surface area contributed by atoms with Crippen LogP contribution in [0.25, 0.3) is 0 Å². The van der Waals surface area contributed by atoms with Gasteiger partial charge in [0.05, 0.1) is 6.26 Å². The van der Waals surface area contributed by atoms with Crippen molar-refractivity contribution in [3.8, 4) is 0 Å². The van der Waals surface area contributed by atoms with Gasteiger partial charge in [0.15, 0.2) is 5.76 Å². The lowest BCUT2D eigenvalue weighted by atomic mass is 10.2. The molecular weight excluding hydrogens is 232 g/mol. The normalized spacial score (nSPS) is 18.7. The second kappa shape index (κ2) is 5.53. The van der Waals surface area contributed by atoms with Crippen LogP contribution in [-0.4, -0.2) is 35.8 Å². The Balaban J connectivity index is 2.05. The molecule has 0 saturated carbocycles. The highest BCUT2D eigenvalue weighted by atomic mass is 16.3. The Kier molecular flexibility index (Phi) is 3.82. The number of carbonyl (C=O) groups excluding carboxylic acids is 2. The summed E-state index contributed by atoms with van der Waals surface area (Å²) < 4.78 is 5.08. The van der Waals surface area contributed by atoms with E-state index in [0.717, 1.165) is 6.42 Å². The van der Waals surface area contributed by atoms with E-state index >= 15 is 0 Å². The molecule has 0 aliphatic carbocycles. The van der Waals surface area contributed by atoms with E-state index < -0.39 is 6.04 Å². The van der Waals surface area contributed by atoms with Crippen molar-refractivity contribution >= 4 is 11.8 Å². The molecule has 1 aliphatic rings. The zero-order valence-corrected chi connectivity index (χ0v) is 10.1. The maximum absolute atomic E-state index is 12.1. The summed E-state index contributed by atoms with van der Waals surface area (Å²) in [5.74, 6) is -0.0815. The molecule has 1 aliphatic heterocycles. The van der Waals surface area contributed by atoms with Gasteiger partial charge in [-0.3, -0.25) is 9.59 Å². The summed E-state index contributed by atoms with van der Waals surface area (Å²) in [6.07, 6.45) is 4.59. The first kappa shape index (κ1) is 12.4. The number of likely N-dealkylation sites (tertiary alicyclic amines) is 1. The average molecular weight is 248 g/mol. The van der Waals surface area contributed by atoms with Gasteiger partial charge in [0, 0.05) is 13.1 Å². The predicted molar refractivity (Wildman–Crippen MR) is 66.0 cm³/mol. The lowest BCUT2D eigenvalue weighted by Crippen LogP contribution is -2.45. The van der Waals surface area contributed by atoms with E-state index in [0.29, 0.717) is 19.5 Å². The molecule has 96 valence electrons. The van der Waals surface area contributed by atoms with Gasteiger partial charge in [-0.05, 0) is 25.0 Å². The van der Waals surface area contributed by atoms with Crippen LogP contribution < -0.4 is 5.32 Å². The predicted octanol–water partition coefficient (Wildman–Crippen LogP) is 1.19. The third-order valence-electron chi connectivity index (χ3n) is 2.97. The van der Waals surface area contributed by atoms with Crippen LogP contribution in [0.2, 0.25) is 0 Å². The average Bonchev–Trinajstić information content (AvgIpc) is 3.04. The van der Waals surface area contributed by atoms with Crippen LogP contribution in [0.15, 0.2) is 35.5 Å². The SMILES string of the molecule is C=CCNC(=O)C1CCCN1C(=O)c1ccco1. The van der Waals surface area contributed by atoms with Crippen molar-refractivity contribution in [3.05, 3.63) is 36.8 Å². The number of rotatable bonds is 4. The smallest absolute Gasteiger partial charge is 0.290 e. The minimum Gasteiger partial charge on any atom is -0.459 e. The van der Waals surface area contributed by atoms with E-state index in [1.807, 2.05) is 0 Å². The molecule has 1 N–H and O–H groups in total. The molecule has 0 spiro atoms. The van der Waals surface area contributed by atoms with E-state index in [1.165, 1.54) is 6.26 Å². The zero-order chi connectivity index (χ0) is 13.0. The highest BCUT2D eigenvalue weighted by molar-refractivity contribution is 5.95. The van der Waals surface area contributed by atoms with E-state index in [4.69, 9.17) is 4.42 Å². The summed E-state index contributed by atoms with van der Waals surface area (Å²) in [5, 5.41) is 2.72. The van der Waals surface area contributed by atoms with Crippen molar-refractivity contribution in [2.24, 2.45) is 0 Å². The lowest BCUT2D eigenvalue weighted by Gasteiger charge is -2.22. The molecule has 2 amide bonds. The summed E-state index contributed by atoms with van der Waals surface area (Å²) in [5.41, 5.74) is 0. The van der Waals surface area contributed by atoms with Gasteiger partial charge in [-0.15, -0.1) is 6.58 Å². The van der Waals surface area contributed by atoms with Gasteiger partial charge in [-0.1, -0.05) is 6.08 Å². The van der Waals surface area contributed by atoms with Crippen molar-refractivity contribution < 1.29 is 14.0 Å². The molecule has 1 saturated heterocycles. The fourth-order valence-electron chi connectivity index (χ4n) is 2.11. The fourth-order valence-corrected chi connectivity index (χ4v) is 2.11. The van der Waals surface area contributed by atoms with Crippen LogP contribution >= 0.6 is 0 Å². The van der Waals surface area contributed by atoms with Gasteiger partial charge in [-0.2, -0.15) is 0 Å². The Morgan fingerprint density at radius 2 is 2.44 bits per heavy atom. The monoisotopic (exact) mass is 248 g/mol. The van der Waals surface area contributed by atoms with Crippen LogP contribution in [0.3, 0.4) is 0 Å². The molecule has 18 heavy (non-hydrogen) atoms. The number of nitrogens with zero attached hydrogens (tertiary/aromatic N) is 1. The molecule has 1 atom stereocenters. The number of carbonyl (C=O) groups is 2. The molecule has 1 aromatic rings. The minimum atomic E-state index is -0.400. The first-order chi connectivity index (χ1) is 8.74. The highest BCUT2D eigenvalue weighted by Crippen LogP contribution is 2.20. The summed E-state index contributed by atoms with van der Waals surface area (Å²) >= 11 is 0. The van der Waals surface area contributed by atoms with Gasteiger partial charge < -0.3 is 14.6 Å². The van der Waals surface area contributed by atoms with E-state index in [1.54, 1.807) is 23.1 Å². The van der Waals surface area contributed by atoms with E-state index in [2.05, 4.69) is 11.9 Å². The van der Waals surface area contributed by atoms with Gasteiger partial charge in [-0.25, -0.2) is 0 Å². The summed E-state index contributed by atoms with van der Waals surface area (Å²) in [4.78, 5) is 25.6. The fraction of sp³-hybridized carbons (Fsp3) is 0.385. The molecular formula is C13H16N2O3. The van der Waals surface area contributed by atoms with Crippen LogP contribution in [-0.2, 0) is 4.79 Å². The molecule has 0 radical (unpaired) electrons. The van der Waals surface area contributed by atoms with E-state index in [-0.39, 0.29) is 17.6 Å². The van der Waals surface area contributed by atoms with E-state index in [9.17, 15) is 9.59 Å². The Hall–Kier alpha value is -2.04. The minimum absolute atomic E-state index is 0.132. The number of hydrogen-bond donors (Lipinski definition) is 1. The first-order valence-corrected chi connectivity index (χ1v) is 5.97. The molecule has 1 unspecified atom stereocenters. The maximum Gasteiger partial charge on any atom is 0.290 e. The number of furan rings is 1.